The summed E-state index contributed by atoms with van der Waals surface area (Å²) in [7, 11) is 1.97. The van der Waals surface area contributed by atoms with Gasteiger partial charge in [-0.3, -0.25) is 9.59 Å². The molecule has 0 saturated carbocycles. The first-order valence-corrected chi connectivity index (χ1v) is 9.28. The minimum Gasteiger partial charge on any atom is -0.486 e. The van der Waals surface area contributed by atoms with Gasteiger partial charge in [0.2, 0.25) is 0 Å². The van der Waals surface area contributed by atoms with Gasteiger partial charge < -0.3 is 14.0 Å². The Hall–Kier alpha value is -3.15. The topological polar surface area (TPSA) is 70.4 Å². The Morgan fingerprint density at radius 3 is 2.46 bits per heavy atom. The fourth-order valence-electron chi connectivity index (χ4n) is 3.07. The average molecular weight is 380 g/mol. The number of fused-ring (bicyclic) bond motifs is 1. The van der Waals surface area contributed by atoms with Crippen LogP contribution in [0.15, 0.2) is 48.5 Å². The second-order valence-corrected chi connectivity index (χ2v) is 6.63. The molecule has 6 heteroatoms. The van der Waals surface area contributed by atoms with Crippen molar-refractivity contribution in [3.8, 4) is 5.75 Å². The standard InChI is InChI=1S/C22H24N2O4/c1-4-27-22(26)18(15(2)25)13-16-9-11-17(12-10-16)28-14-21-23-19-7-5-6-8-20(19)24(21)3/h5-12,18H,4,13-14H2,1-3H3. The predicted molar refractivity (Wildman–Crippen MR) is 106 cm³/mol. The third-order valence-electron chi connectivity index (χ3n) is 4.67. The van der Waals surface area contributed by atoms with Crippen LogP contribution in [0, 0.1) is 5.92 Å². The predicted octanol–water partition coefficient (Wildman–Crippen LogP) is 3.46. The molecule has 1 atom stereocenters. The molecule has 6 nitrogen and oxygen atoms in total. The number of esters is 1. The van der Waals surface area contributed by atoms with Gasteiger partial charge in [0.05, 0.1) is 17.6 Å². The summed E-state index contributed by atoms with van der Waals surface area (Å²) in [5, 5.41) is 0. The Labute approximate surface area is 164 Å². The van der Waals surface area contributed by atoms with E-state index in [1.807, 2.05) is 60.1 Å². The van der Waals surface area contributed by atoms with E-state index in [4.69, 9.17) is 9.47 Å². The summed E-state index contributed by atoms with van der Waals surface area (Å²) < 4.78 is 12.9. The number of ketones is 1. The van der Waals surface area contributed by atoms with Crippen molar-refractivity contribution in [1.29, 1.82) is 0 Å². The van der Waals surface area contributed by atoms with Crippen LogP contribution in [-0.4, -0.2) is 27.9 Å². The molecule has 0 spiro atoms. The molecule has 2 aromatic carbocycles. The summed E-state index contributed by atoms with van der Waals surface area (Å²) in [6.45, 7) is 3.75. The molecule has 0 N–H and O–H groups in total. The lowest BCUT2D eigenvalue weighted by Gasteiger charge is -2.13. The number of hydrogen-bond donors (Lipinski definition) is 0. The van der Waals surface area contributed by atoms with Crippen LogP contribution in [0.25, 0.3) is 11.0 Å². The van der Waals surface area contributed by atoms with Gasteiger partial charge in [-0.2, -0.15) is 0 Å². The van der Waals surface area contributed by atoms with Crippen LogP contribution in [0.5, 0.6) is 5.75 Å². The zero-order valence-electron chi connectivity index (χ0n) is 16.3. The molecule has 3 aromatic rings. The van der Waals surface area contributed by atoms with Gasteiger partial charge in [-0.05, 0) is 50.1 Å². The molecule has 0 aliphatic rings. The average Bonchev–Trinajstić information content (AvgIpc) is 3.01. The van der Waals surface area contributed by atoms with Crippen LogP contribution in [0.4, 0.5) is 0 Å². The normalized spacial score (nSPS) is 12.0. The summed E-state index contributed by atoms with van der Waals surface area (Å²) in [5.74, 6) is 0.0973. The van der Waals surface area contributed by atoms with Crippen LogP contribution >= 0.6 is 0 Å². The smallest absolute Gasteiger partial charge is 0.316 e. The molecule has 28 heavy (non-hydrogen) atoms. The fourth-order valence-corrected chi connectivity index (χ4v) is 3.07. The van der Waals surface area contributed by atoms with Gasteiger partial charge in [-0.15, -0.1) is 0 Å². The fraction of sp³-hybridized carbons (Fsp3) is 0.318. The molecule has 146 valence electrons. The van der Waals surface area contributed by atoms with Gasteiger partial charge in [0.1, 0.15) is 29.9 Å². The molecule has 0 bridgehead atoms. The van der Waals surface area contributed by atoms with Crippen molar-refractivity contribution in [2.75, 3.05) is 6.61 Å². The van der Waals surface area contributed by atoms with E-state index in [1.54, 1.807) is 6.92 Å². The van der Waals surface area contributed by atoms with Crippen LogP contribution in [-0.2, 0) is 34.4 Å². The largest absolute Gasteiger partial charge is 0.486 e. The van der Waals surface area contributed by atoms with Crippen LogP contribution in [0.3, 0.4) is 0 Å². The molecule has 0 amide bonds. The van der Waals surface area contributed by atoms with Crippen LogP contribution < -0.4 is 4.74 Å². The zero-order chi connectivity index (χ0) is 20.1. The second-order valence-electron chi connectivity index (χ2n) is 6.63. The molecule has 1 aromatic heterocycles. The molecule has 0 saturated heterocycles. The summed E-state index contributed by atoms with van der Waals surface area (Å²) in [6.07, 6.45) is 0.319. The van der Waals surface area contributed by atoms with Gasteiger partial charge in [-0.25, -0.2) is 4.98 Å². The van der Waals surface area contributed by atoms with Crippen molar-refractivity contribution in [2.24, 2.45) is 13.0 Å². The number of hydrogen-bond acceptors (Lipinski definition) is 5. The zero-order valence-corrected chi connectivity index (χ0v) is 16.3. The summed E-state index contributed by atoms with van der Waals surface area (Å²) >= 11 is 0. The van der Waals surface area contributed by atoms with Crippen molar-refractivity contribution in [3.05, 3.63) is 59.9 Å². The number of nitrogens with zero attached hydrogens (tertiary/aromatic N) is 2. The van der Waals surface area contributed by atoms with E-state index in [0.717, 1.165) is 22.4 Å². The minimum atomic E-state index is -0.772. The summed E-state index contributed by atoms with van der Waals surface area (Å²) in [4.78, 5) is 28.3. The molecule has 0 radical (unpaired) electrons. The molecule has 0 aliphatic heterocycles. The van der Waals surface area contributed by atoms with E-state index in [9.17, 15) is 9.59 Å². The molecule has 1 heterocycles. The lowest BCUT2D eigenvalue weighted by Crippen LogP contribution is -2.26. The van der Waals surface area contributed by atoms with Crippen molar-refractivity contribution < 1.29 is 19.1 Å². The number of aromatic nitrogens is 2. The van der Waals surface area contributed by atoms with Crippen LogP contribution in [0.2, 0.25) is 0 Å². The Bertz CT molecular complexity index is 976. The first-order valence-electron chi connectivity index (χ1n) is 9.28. The third kappa shape index (κ3) is 4.39. The quantitative estimate of drug-likeness (QED) is 0.442. The third-order valence-corrected chi connectivity index (χ3v) is 4.67. The molecule has 3 rings (SSSR count). The minimum absolute atomic E-state index is 0.194. The number of imidazole rings is 1. The maximum atomic E-state index is 11.9. The molecular weight excluding hydrogens is 356 g/mol. The van der Waals surface area contributed by atoms with Gasteiger partial charge in [0.15, 0.2) is 0 Å². The Morgan fingerprint density at radius 1 is 1.11 bits per heavy atom. The van der Waals surface area contributed by atoms with E-state index in [1.165, 1.54) is 6.92 Å². The Kier molecular flexibility index (Phi) is 6.09. The molecule has 0 fully saturated rings. The van der Waals surface area contributed by atoms with E-state index >= 15 is 0 Å². The van der Waals surface area contributed by atoms with Crippen molar-refractivity contribution in [1.82, 2.24) is 9.55 Å². The SMILES string of the molecule is CCOC(=O)C(Cc1ccc(OCc2nc3ccccc3n2C)cc1)C(C)=O. The monoisotopic (exact) mass is 380 g/mol. The number of carbonyl (C=O) groups excluding carboxylic acids is 2. The van der Waals surface area contributed by atoms with Crippen molar-refractivity contribution in [2.45, 2.75) is 26.9 Å². The number of benzene rings is 2. The second kappa shape index (κ2) is 8.69. The van der Waals surface area contributed by atoms with Gasteiger partial charge in [0, 0.05) is 7.05 Å². The highest BCUT2D eigenvalue weighted by Crippen LogP contribution is 2.19. The molecule has 1 unspecified atom stereocenters. The lowest BCUT2D eigenvalue weighted by molar-refractivity contribution is -0.151. The summed E-state index contributed by atoms with van der Waals surface area (Å²) in [5.41, 5.74) is 2.88. The van der Waals surface area contributed by atoms with Gasteiger partial charge in [0.25, 0.3) is 0 Å². The number of Topliss-reactive ketones (excluding diaryl/α,β-unsaturated/α-hetero) is 1. The number of carbonyl (C=O) groups is 2. The first-order chi connectivity index (χ1) is 13.5. The lowest BCUT2D eigenvalue weighted by atomic mass is 9.96. The highest BCUT2D eigenvalue weighted by atomic mass is 16.5. The van der Waals surface area contributed by atoms with Crippen molar-refractivity contribution in [3.63, 3.8) is 0 Å². The van der Waals surface area contributed by atoms with Gasteiger partial charge in [-0.1, -0.05) is 24.3 Å². The molecular formula is C22H24N2O4. The van der Waals surface area contributed by atoms with E-state index in [-0.39, 0.29) is 12.4 Å². The van der Waals surface area contributed by atoms with Crippen molar-refractivity contribution >= 4 is 22.8 Å². The van der Waals surface area contributed by atoms with E-state index in [0.29, 0.717) is 18.8 Å². The number of rotatable bonds is 8. The Balaban J connectivity index is 1.64. The number of aryl methyl sites for hydroxylation is 1. The van der Waals surface area contributed by atoms with E-state index < -0.39 is 11.9 Å². The first kappa shape index (κ1) is 19.6. The maximum Gasteiger partial charge on any atom is 0.316 e. The maximum absolute atomic E-state index is 11.9. The summed E-state index contributed by atoms with van der Waals surface area (Å²) in [6, 6.07) is 15.3. The Morgan fingerprint density at radius 2 is 1.82 bits per heavy atom. The highest BCUT2D eigenvalue weighted by molar-refractivity contribution is 5.98. The van der Waals surface area contributed by atoms with Crippen LogP contribution in [0.1, 0.15) is 25.2 Å². The highest BCUT2D eigenvalue weighted by Gasteiger charge is 2.24. The molecule has 0 aliphatic carbocycles. The van der Waals surface area contributed by atoms with E-state index in [2.05, 4.69) is 4.98 Å². The number of ether oxygens (including phenoxy) is 2. The number of para-hydroxylation sites is 2. The van der Waals surface area contributed by atoms with Gasteiger partial charge >= 0.3 is 5.97 Å².